The van der Waals surface area contributed by atoms with Gasteiger partial charge in [0.2, 0.25) is 0 Å². The van der Waals surface area contributed by atoms with Crippen LogP contribution in [-0.4, -0.2) is 96.7 Å². The lowest BCUT2D eigenvalue weighted by Gasteiger charge is -2.21. The van der Waals surface area contributed by atoms with E-state index in [-0.39, 0.29) is 25.7 Å². The summed E-state index contributed by atoms with van der Waals surface area (Å²) in [4.78, 5) is 72.8. The fourth-order valence-corrected chi connectivity index (χ4v) is 10.7. The number of phosphoric acid groups is 2. The minimum absolute atomic E-state index is 0.0526. The molecule has 0 spiro atoms. The molecule has 0 aliphatic rings. The average Bonchev–Trinajstić information content (AvgIpc) is 0.937. The molecule has 5 unspecified atom stereocenters. The molecule has 0 rings (SSSR count). The van der Waals surface area contributed by atoms with E-state index in [0.717, 1.165) is 180 Å². The number of aliphatic hydroxyl groups excluding tert-OH is 1. The number of carbonyl (C=O) groups excluding carboxylic acids is 4. The SMILES string of the molecule is CC/C=C\C/C=C\C/C=C\C/C=C\C/C=C\CC(=O)OCC(COP(=O)(O)OCC(O)COP(=O)(O)OCC(COC(=O)CCCCCC/C=C\C/C=C\C/C=C\C/C=C\CC)OC(=O)CCCCCCC/C=C\C/C=C\C/C=C\CC)OC(=O)CCCCCCC/C=C\C/C=C\CCC. The summed E-state index contributed by atoms with van der Waals surface area (Å²) < 4.78 is 68.3. The molecule has 0 fully saturated rings. The molecule has 0 aliphatic carbocycles. The standard InChI is InChI=1S/C81H130O17P2/c1-5-9-13-17-21-25-29-33-36-37-40-43-46-50-54-58-62-66-79(84)92-72-77(98-81(86)68-64-60-56-52-48-44-39-35-31-27-23-19-15-11-7-3)74-96-100(89,90)94-70-75(82)69-93-99(87,88)95-73-76(97-80(85)67-63-59-55-51-47-41-32-28-24-20-16-12-8-4)71-91-78(83)65-61-57-53-49-45-42-38-34-30-26-22-18-14-10-6-2/h9-11,13-16,20-23,25-28,32-36,38-40,43,45,49,57,61,75-77,82H,5-8,12,17-19,24,29-31,37,41-42,44,46-48,50-56,58-60,62-74H2,1-4H3,(H,87,88)(H,89,90)/b13-9-,14-10-,15-11-,20-16-,25-21-,26-22-,27-23-,32-28-,36-33-,38-34-,39-35-,43-40-,49-45-,61-57-. The van der Waals surface area contributed by atoms with Crippen LogP contribution in [0.3, 0.4) is 0 Å². The zero-order chi connectivity index (χ0) is 73.2. The van der Waals surface area contributed by atoms with E-state index >= 15 is 0 Å². The molecule has 0 radical (unpaired) electrons. The van der Waals surface area contributed by atoms with Crippen LogP contribution in [-0.2, 0) is 65.4 Å². The first-order chi connectivity index (χ1) is 48.7. The first kappa shape index (κ1) is 94.4. The van der Waals surface area contributed by atoms with Crippen molar-refractivity contribution in [2.75, 3.05) is 39.6 Å². The van der Waals surface area contributed by atoms with Crippen molar-refractivity contribution in [3.8, 4) is 0 Å². The van der Waals surface area contributed by atoms with Crippen LogP contribution in [0.25, 0.3) is 0 Å². The summed E-state index contributed by atoms with van der Waals surface area (Å²) in [6.07, 6.45) is 83.8. The summed E-state index contributed by atoms with van der Waals surface area (Å²) in [5.41, 5.74) is 0. The maximum Gasteiger partial charge on any atom is 0.472 e. The molecule has 0 heterocycles. The van der Waals surface area contributed by atoms with Gasteiger partial charge in [0.25, 0.3) is 0 Å². The monoisotopic (exact) mass is 1440 g/mol. The minimum atomic E-state index is -5.01. The van der Waals surface area contributed by atoms with Crippen LogP contribution in [0.15, 0.2) is 170 Å². The highest BCUT2D eigenvalue weighted by Gasteiger charge is 2.30. The van der Waals surface area contributed by atoms with Gasteiger partial charge >= 0.3 is 39.5 Å². The number of esters is 4. The number of ether oxygens (including phenoxy) is 4. The van der Waals surface area contributed by atoms with Gasteiger partial charge in [0.15, 0.2) is 12.2 Å². The molecule has 0 aromatic heterocycles. The molecule has 0 aliphatic heterocycles. The van der Waals surface area contributed by atoms with Crippen LogP contribution in [0.1, 0.15) is 259 Å². The van der Waals surface area contributed by atoms with Crippen molar-refractivity contribution in [2.45, 2.75) is 277 Å². The van der Waals surface area contributed by atoms with E-state index in [0.29, 0.717) is 25.7 Å². The molecular formula is C81H130O17P2. The molecule has 100 heavy (non-hydrogen) atoms. The quantitative estimate of drug-likeness (QED) is 0.0169. The highest BCUT2D eigenvalue weighted by atomic mass is 31.2. The normalized spacial score (nSPS) is 14.9. The van der Waals surface area contributed by atoms with Crippen LogP contribution < -0.4 is 0 Å². The molecule has 0 bridgehead atoms. The van der Waals surface area contributed by atoms with Crippen LogP contribution in [0, 0.1) is 0 Å². The van der Waals surface area contributed by atoms with E-state index in [2.05, 4.69) is 174 Å². The van der Waals surface area contributed by atoms with Gasteiger partial charge < -0.3 is 33.8 Å². The Morgan fingerprint density at radius 3 is 0.890 bits per heavy atom. The summed E-state index contributed by atoms with van der Waals surface area (Å²) in [6.45, 7) is 4.25. The van der Waals surface area contributed by atoms with Crippen molar-refractivity contribution in [1.82, 2.24) is 0 Å². The highest BCUT2D eigenvalue weighted by molar-refractivity contribution is 7.47. The van der Waals surface area contributed by atoms with Gasteiger partial charge in [0, 0.05) is 19.3 Å². The number of hydrogen-bond acceptors (Lipinski definition) is 15. The second-order valence-corrected chi connectivity index (χ2v) is 27.0. The lowest BCUT2D eigenvalue weighted by atomic mass is 10.1. The Kier molecular flexibility index (Phi) is 67.8. The van der Waals surface area contributed by atoms with Crippen molar-refractivity contribution < 1.29 is 80.2 Å². The Balaban J connectivity index is 5.48. The van der Waals surface area contributed by atoms with Gasteiger partial charge in [-0.15, -0.1) is 0 Å². The van der Waals surface area contributed by atoms with E-state index in [1.54, 1.807) is 6.08 Å². The Morgan fingerprint density at radius 1 is 0.300 bits per heavy atom. The van der Waals surface area contributed by atoms with Crippen molar-refractivity contribution in [3.05, 3.63) is 170 Å². The zero-order valence-electron chi connectivity index (χ0n) is 61.5. The fourth-order valence-electron chi connectivity index (χ4n) is 9.10. The molecule has 17 nitrogen and oxygen atoms in total. The molecule has 0 saturated heterocycles. The Bertz CT molecular complexity index is 2570. The molecule has 5 atom stereocenters. The Hall–Kier alpha value is -5.58. The van der Waals surface area contributed by atoms with Crippen LogP contribution in [0.2, 0.25) is 0 Å². The third-order valence-electron chi connectivity index (χ3n) is 14.7. The molecule has 0 aromatic rings. The van der Waals surface area contributed by atoms with E-state index in [1.807, 2.05) is 18.2 Å². The average molecular weight is 1440 g/mol. The smallest absolute Gasteiger partial charge is 0.462 e. The molecule has 0 saturated carbocycles. The first-order valence-electron chi connectivity index (χ1n) is 37.4. The largest absolute Gasteiger partial charge is 0.472 e. The van der Waals surface area contributed by atoms with Gasteiger partial charge in [-0.25, -0.2) is 9.13 Å². The maximum atomic E-state index is 13.1. The summed E-state index contributed by atoms with van der Waals surface area (Å²) in [5.74, 6) is -2.40. The molecule has 0 amide bonds. The number of rotatable bonds is 68. The van der Waals surface area contributed by atoms with E-state index in [4.69, 9.17) is 37.0 Å². The van der Waals surface area contributed by atoms with E-state index < -0.39 is 97.5 Å². The van der Waals surface area contributed by atoms with Gasteiger partial charge in [0.05, 0.1) is 32.8 Å². The number of hydrogen-bond donors (Lipinski definition) is 3. The summed E-state index contributed by atoms with van der Waals surface area (Å²) in [6, 6.07) is 0. The predicted molar refractivity (Wildman–Crippen MR) is 408 cm³/mol. The first-order valence-corrected chi connectivity index (χ1v) is 40.4. The second-order valence-electron chi connectivity index (χ2n) is 24.1. The van der Waals surface area contributed by atoms with Crippen molar-refractivity contribution in [2.24, 2.45) is 0 Å². The van der Waals surface area contributed by atoms with Crippen molar-refractivity contribution in [3.63, 3.8) is 0 Å². The van der Waals surface area contributed by atoms with Crippen LogP contribution in [0.4, 0.5) is 0 Å². The van der Waals surface area contributed by atoms with Gasteiger partial charge in [0.1, 0.15) is 19.3 Å². The highest BCUT2D eigenvalue weighted by Crippen LogP contribution is 2.45. The zero-order valence-corrected chi connectivity index (χ0v) is 63.3. The molecule has 19 heteroatoms. The maximum absolute atomic E-state index is 13.1. The van der Waals surface area contributed by atoms with Crippen molar-refractivity contribution >= 4 is 39.5 Å². The van der Waals surface area contributed by atoms with Gasteiger partial charge in [-0.2, -0.15) is 0 Å². The fraction of sp³-hybridized carbons (Fsp3) is 0.605. The number of aliphatic hydroxyl groups is 1. The van der Waals surface area contributed by atoms with Gasteiger partial charge in [-0.05, 0) is 148 Å². The van der Waals surface area contributed by atoms with Gasteiger partial charge in [-0.1, -0.05) is 256 Å². The molecule has 3 N–H and O–H groups in total. The predicted octanol–water partition coefficient (Wildman–Crippen LogP) is 21.4. The number of phosphoric ester groups is 2. The topological polar surface area (TPSA) is 237 Å². The Morgan fingerprint density at radius 2 is 0.560 bits per heavy atom. The van der Waals surface area contributed by atoms with Crippen molar-refractivity contribution in [1.29, 1.82) is 0 Å². The van der Waals surface area contributed by atoms with Crippen LogP contribution in [0.5, 0.6) is 0 Å². The second kappa shape index (κ2) is 71.8. The summed E-state index contributed by atoms with van der Waals surface area (Å²) >= 11 is 0. The minimum Gasteiger partial charge on any atom is -0.462 e. The van der Waals surface area contributed by atoms with E-state index in [9.17, 15) is 43.2 Å². The molecule has 0 aromatic carbocycles. The molecule has 566 valence electrons. The lowest BCUT2D eigenvalue weighted by molar-refractivity contribution is -0.161. The lowest BCUT2D eigenvalue weighted by Crippen LogP contribution is -2.30. The van der Waals surface area contributed by atoms with Crippen LogP contribution >= 0.6 is 15.6 Å². The number of unbranched alkanes of at least 4 members (excludes halogenated alkanes) is 15. The third kappa shape index (κ3) is 70.8. The van der Waals surface area contributed by atoms with E-state index in [1.165, 1.54) is 0 Å². The number of allylic oxidation sites excluding steroid dienone is 27. The summed E-state index contributed by atoms with van der Waals surface area (Å²) in [7, 11) is -10.0. The van der Waals surface area contributed by atoms with Gasteiger partial charge in [-0.3, -0.25) is 37.3 Å². The number of carbonyl (C=O) groups is 4. The molecular weight excluding hydrogens is 1310 g/mol. The third-order valence-corrected chi connectivity index (χ3v) is 16.6. The summed E-state index contributed by atoms with van der Waals surface area (Å²) in [5, 5.41) is 10.6. The Labute approximate surface area is 603 Å².